The number of fused-ring (bicyclic) bond motifs is 1. The Kier molecular flexibility index (Phi) is 4.39. The Morgan fingerprint density at radius 3 is 2.52 bits per heavy atom. The van der Waals surface area contributed by atoms with E-state index in [-0.39, 0.29) is 11.3 Å². The van der Waals surface area contributed by atoms with Crippen molar-refractivity contribution >= 4 is 38.8 Å². The molecular weight excluding hydrogens is 356 g/mol. The summed E-state index contributed by atoms with van der Waals surface area (Å²) in [5.74, 6) is -0.529. The average molecular weight is 369 g/mol. The normalized spacial score (nSPS) is 11.0. The smallest absolute Gasteiger partial charge is 0.275 e. The summed E-state index contributed by atoms with van der Waals surface area (Å²) in [6.07, 6.45) is 1.54. The molecule has 3 rings (SSSR count). The fourth-order valence-electron chi connectivity index (χ4n) is 2.22. The lowest BCUT2D eigenvalue weighted by molar-refractivity contribution is 0.0952. The van der Waals surface area contributed by atoms with Crippen molar-refractivity contribution in [1.82, 2.24) is 5.43 Å². The summed E-state index contributed by atoms with van der Waals surface area (Å²) in [5.41, 5.74) is 3.47. The highest BCUT2D eigenvalue weighted by Gasteiger charge is 2.11. The van der Waals surface area contributed by atoms with Gasteiger partial charge in [-0.1, -0.05) is 52.3 Å². The number of carbonyl (C=O) groups excluding carboxylic acids is 1. The van der Waals surface area contributed by atoms with Crippen LogP contribution in [0.25, 0.3) is 10.8 Å². The van der Waals surface area contributed by atoms with Crippen LogP contribution in [-0.2, 0) is 0 Å². The number of halogens is 1. The second-order valence-corrected chi connectivity index (χ2v) is 5.89. The molecule has 0 atom stereocenters. The SMILES string of the molecule is O=C(N/N=C/c1cccc(Br)c1)c1cc2ccccc2cc1O. The van der Waals surface area contributed by atoms with E-state index in [0.29, 0.717) is 0 Å². The Morgan fingerprint density at radius 2 is 1.78 bits per heavy atom. The number of rotatable bonds is 3. The molecule has 0 spiro atoms. The first-order valence-corrected chi connectivity index (χ1v) is 7.73. The van der Waals surface area contributed by atoms with E-state index in [4.69, 9.17) is 0 Å². The Bertz CT molecular complexity index is 906. The first-order valence-electron chi connectivity index (χ1n) is 6.94. The molecule has 0 aliphatic heterocycles. The van der Waals surface area contributed by atoms with Crippen LogP contribution in [0.4, 0.5) is 0 Å². The molecule has 0 fully saturated rings. The van der Waals surface area contributed by atoms with E-state index in [1.807, 2.05) is 48.5 Å². The maximum absolute atomic E-state index is 12.2. The first kappa shape index (κ1) is 15.2. The standard InChI is InChI=1S/C18H13BrN2O2/c19-15-7-3-4-12(8-15)11-20-21-18(23)16-9-13-5-1-2-6-14(13)10-17(16)22/h1-11,22H,(H,21,23)/b20-11+. The molecule has 3 aromatic carbocycles. The summed E-state index contributed by atoms with van der Waals surface area (Å²) in [6.45, 7) is 0. The number of phenols is 1. The third-order valence-corrected chi connectivity index (χ3v) is 3.83. The number of carbonyl (C=O) groups is 1. The second-order valence-electron chi connectivity index (χ2n) is 4.97. The zero-order valence-corrected chi connectivity index (χ0v) is 13.6. The molecule has 0 saturated heterocycles. The topological polar surface area (TPSA) is 61.7 Å². The summed E-state index contributed by atoms with van der Waals surface area (Å²) in [5, 5.41) is 15.7. The monoisotopic (exact) mass is 368 g/mol. The number of hydrogen-bond acceptors (Lipinski definition) is 3. The van der Waals surface area contributed by atoms with Gasteiger partial charge in [-0.05, 0) is 40.6 Å². The molecule has 0 bridgehead atoms. The molecule has 0 aliphatic rings. The van der Waals surface area contributed by atoms with E-state index in [1.165, 1.54) is 0 Å². The van der Waals surface area contributed by atoms with Gasteiger partial charge in [-0.15, -0.1) is 0 Å². The number of nitrogens with one attached hydrogen (secondary N) is 1. The van der Waals surface area contributed by atoms with E-state index < -0.39 is 5.91 Å². The number of amides is 1. The number of aromatic hydroxyl groups is 1. The molecule has 3 aromatic rings. The molecule has 5 heteroatoms. The molecule has 0 saturated carbocycles. The van der Waals surface area contributed by atoms with Crippen molar-refractivity contribution in [1.29, 1.82) is 0 Å². The zero-order valence-electron chi connectivity index (χ0n) is 12.0. The highest BCUT2D eigenvalue weighted by atomic mass is 79.9. The molecular formula is C18H13BrN2O2. The number of hydrazone groups is 1. The van der Waals surface area contributed by atoms with Gasteiger partial charge in [0.1, 0.15) is 5.75 Å². The lowest BCUT2D eigenvalue weighted by Gasteiger charge is -2.05. The summed E-state index contributed by atoms with van der Waals surface area (Å²) in [4.78, 5) is 12.2. The minimum Gasteiger partial charge on any atom is -0.507 e. The molecule has 0 radical (unpaired) electrons. The zero-order chi connectivity index (χ0) is 16.2. The van der Waals surface area contributed by atoms with Gasteiger partial charge in [-0.2, -0.15) is 5.10 Å². The minimum absolute atomic E-state index is 0.0705. The maximum atomic E-state index is 12.2. The van der Waals surface area contributed by atoms with Crippen molar-refractivity contribution < 1.29 is 9.90 Å². The molecule has 2 N–H and O–H groups in total. The molecule has 23 heavy (non-hydrogen) atoms. The highest BCUT2D eigenvalue weighted by molar-refractivity contribution is 9.10. The van der Waals surface area contributed by atoms with Gasteiger partial charge < -0.3 is 5.11 Å². The van der Waals surface area contributed by atoms with Crippen LogP contribution in [-0.4, -0.2) is 17.2 Å². The van der Waals surface area contributed by atoms with E-state index >= 15 is 0 Å². The Hall–Kier alpha value is -2.66. The van der Waals surface area contributed by atoms with Gasteiger partial charge in [0.25, 0.3) is 5.91 Å². The van der Waals surface area contributed by atoms with Crippen LogP contribution in [0.2, 0.25) is 0 Å². The lowest BCUT2D eigenvalue weighted by atomic mass is 10.1. The molecule has 0 heterocycles. The second kappa shape index (κ2) is 6.62. The van der Waals surface area contributed by atoms with Crippen LogP contribution in [0.15, 0.2) is 70.2 Å². The largest absolute Gasteiger partial charge is 0.507 e. The quantitative estimate of drug-likeness (QED) is 0.540. The third-order valence-electron chi connectivity index (χ3n) is 3.34. The Labute approximate surface area is 141 Å². The number of hydrogen-bond donors (Lipinski definition) is 2. The van der Waals surface area contributed by atoms with Crippen molar-refractivity contribution in [3.8, 4) is 5.75 Å². The predicted molar refractivity (Wildman–Crippen MR) is 94.8 cm³/mol. The molecule has 1 amide bonds. The molecule has 4 nitrogen and oxygen atoms in total. The van der Waals surface area contributed by atoms with E-state index in [1.54, 1.807) is 18.3 Å². The first-order chi connectivity index (χ1) is 11.1. The van der Waals surface area contributed by atoms with Crippen LogP contribution in [0.3, 0.4) is 0 Å². The van der Waals surface area contributed by atoms with Crippen LogP contribution in [0.5, 0.6) is 5.75 Å². The van der Waals surface area contributed by atoms with E-state index in [9.17, 15) is 9.90 Å². The molecule has 0 unspecified atom stereocenters. The van der Waals surface area contributed by atoms with Crippen molar-refractivity contribution in [2.45, 2.75) is 0 Å². The van der Waals surface area contributed by atoms with Gasteiger partial charge in [0.05, 0.1) is 11.8 Å². The van der Waals surface area contributed by atoms with Crippen LogP contribution in [0, 0.1) is 0 Å². The fourth-order valence-corrected chi connectivity index (χ4v) is 2.64. The van der Waals surface area contributed by atoms with Crippen LogP contribution < -0.4 is 5.43 Å². The van der Waals surface area contributed by atoms with Crippen LogP contribution in [0.1, 0.15) is 15.9 Å². The summed E-state index contributed by atoms with van der Waals surface area (Å²) >= 11 is 3.37. The number of phenolic OH excluding ortho intramolecular Hbond substituents is 1. The molecule has 0 aliphatic carbocycles. The van der Waals surface area contributed by atoms with Crippen molar-refractivity contribution in [2.24, 2.45) is 5.10 Å². The predicted octanol–water partition coefficient (Wildman–Crippen LogP) is 4.07. The Balaban J connectivity index is 1.79. The highest BCUT2D eigenvalue weighted by Crippen LogP contribution is 2.24. The molecule has 0 aromatic heterocycles. The number of nitrogens with zero attached hydrogens (tertiary/aromatic N) is 1. The van der Waals surface area contributed by atoms with Gasteiger partial charge >= 0.3 is 0 Å². The van der Waals surface area contributed by atoms with Crippen molar-refractivity contribution in [3.63, 3.8) is 0 Å². The van der Waals surface area contributed by atoms with Gasteiger partial charge in [0, 0.05) is 4.47 Å². The number of benzene rings is 3. The lowest BCUT2D eigenvalue weighted by Crippen LogP contribution is -2.17. The van der Waals surface area contributed by atoms with Gasteiger partial charge in [-0.3, -0.25) is 4.79 Å². The maximum Gasteiger partial charge on any atom is 0.275 e. The van der Waals surface area contributed by atoms with Gasteiger partial charge in [0.15, 0.2) is 0 Å². The average Bonchev–Trinajstić information content (AvgIpc) is 2.54. The summed E-state index contributed by atoms with van der Waals surface area (Å²) in [6, 6.07) is 18.3. The van der Waals surface area contributed by atoms with Gasteiger partial charge in [-0.25, -0.2) is 5.43 Å². The van der Waals surface area contributed by atoms with E-state index in [0.717, 1.165) is 20.8 Å². The minimum atomic E-state index is -0.459. The van der Waals surface area contributed by atoms with Crippen molar-refractivity contribution in [2.75, 3.05) is 0 Å². The van der Waals surface area contributed by atoms with Crippen molar-refractivity contribution in [3.05, 3.63) is 76.3 Å². The fraction of sp³-hybridized carbons (Fsp3) is 0. The van der Waals surface area contributed by atoms with Crippen LogP contribution >= 0.6 is 15.9 Å². The summed E-state index contributed by atoms with van der Waals surface area (Å²) in [7, 11) is 0. The van der Waals surface area contributed by atoms with E-state index in [2.05, 4.69) is 26.5 Å². The third kappa shape index (κ3) is 3.57. The summed E-state index contributed by atoms with van der Waals surface area (Å²) < 4.78 is 0.931. The Morgan fingerprint density at radius 1 is 1.04 bits per heavy atom. The molecule has 114 valence electrons. The van der Waals surface area contributed by atoms with Gasteiger partial charge in [0.2, 0.25) is 0 Å².